The molecule has 0 saturated heterocycles. The van der Waals surface area contributed by atoms with Gasteiger partial charge < -0.3 is 5.11 Å². The lowest BCUT2D eigenvalue weighted by Crippen LogP contribution is -2.02. The topological polar surface area (TPSA) is 20.2 Å². The predicted molar refractivity (Wildman–Crippen MR) is 71.7 cm³/mol. The van der Waals surface area contributed by atoms with Gasteiger partial charge in [0.05, 0.1) is 10.6 Å². The average molecular weight is 315 g/mol. The maximum Gasteiger partial charge on any atom is 0.143 e. The van der Waals surface area contributed by atoms with E-state index < -0.39 is 6.10 Å². The van der Waals surface area contributed by atoms with Gasteiger partial charge in [-0.15, -0.1) is 0 Å². The molecule has 1 unspecified atom stereocenters. The summed E-state index contributed by atoms with van der Waals surface area (Å²) in [5.74, 6) is -0.370. The van der Waals surface area contributed by atoms with E-state index in [1.54, 1.807) is 29.5 Å². The molecule has 0 amide bonds. The second-order valence-electron chi connectivity index (χ2n) is 3.83. The molecule has 2 aromatic rings. The summed E-state index contributed by atoms with van der Waals surface area (Å²) < 4.78 is 14.1. The second-order valence-corrected chi connectivity index (χ2v) is 5.46. The fourth-order valence-electron chi connectivity index (χ4n) is 1.67. The molecule has 0 radical (unpaired) electrons. The third-order valence-corrected chi connectivity index (χ3v) is 3.97. The average Bonchev–Trinajstić information content (AvgIpc) is 2.82. The van der Waals surface area contributed by atoms with Crippen LogP contribution in [0.15, 0.2) is 39.5 Å². The van der Waals surface area contributed by atoms with Crippen LogP contribution in [0, 0.1) is 5.82 Å². The normalized spacial score (nSPS) is 12.6. The molecule has 2 rings (SSSR count). The van der Waals surface area contributed by atoms with E-state index in [2.05, 4.69) is 15.9 Å². The van der Waals surface area contributed by atoms with Crippen molar-refractivity contribution in [1.82, 2.24) is 0 Å². The van der Waals surface area contributed by atoms with Gasteiger partial charge >= 0.3 is 0 Å². The smallest absolute Gasteiger partial charge is 0.143 e. The van der Waals surface area contributed by atoms with E-state index in [0.717, 1.165) is 6.42 Å². The van der Waals surface area contributed by atoms with Crippen LogP contribution in [0.5, 0.6) is 0 Å². The Morgan fingerprint density at radius 2 is 2.18 bits per heavy atom. The zero-order valence-electron chi connectivity index (χ0n) is 9.07. The van der Waals surface area contributed by atoms with Gasteiger partial charge in [0.25, 0.3) is 0 Å². The molecule has 4 heteroatoms. The standard InChI is InChI=1S/C13H12BrFOS/c14-11-3-1-2-10(13(11)15)12(16)5-4-9-6-7-17-8-9/h1-3,6-8,12,16H,4-5H2. The van der Waals surface area contributed by atoms with Gasteiger partial charge in [-0.25, -0.2) is 4.39 Å². The van der Waals surface area contributed by atoms with Crippen LogP contribution < -0.4 is 0 Å². The number of aliphatic hydroxyl groups excluding tert-OH is 1. The first kappa shape index (κ1) is 12.7. The Labute approximate surface area is 112 Å². The first-order chi connectivity index (χ1) is 8.18. The highest BCUT2D eigenvalue weighted by Crippen LogP contribution is 2.26. The highest BCUT2D eigenvalue weighted by Gasteiger charge is 2.14. The van der Waals surface area contributed by atoms with Gasteiger partial charge in [0, 0.05) is 5.56 Å². The number of aryl methyl sites for hydroxylation is 1. The quantitative estimate of drug-likeness (QED) is 0.891. The van der Waals surface area contributed by atoms with Crippen LogP contribution in [0.4, 0.5) is 4.39 Å². The molecule has 0 fully saturated rings. The molecule has 1 heterocycles. The lowest BCUT2D eigenvalue weighted by molar-refractivity contribution is 0.163. The van der Waals surface area contributed by atoms with Gasteiger partial charge in [-0.05, 0) is 57.2 Å². The van der Waals surface area contributed by atoms with Crippen molar-refractivity contribution in [3.05, 3.63) is 56.4 Å². The summed E-state index contributed by atoms with van der Waals surface area (Å²) in [6.45, 7) is 0. The molecule has 0 saturated carbocycles. The van der Waals surface area contributed by atoms with Crippen molar-refractivity contribution in [2.75, 3.05) is 0 Å². The summed E-state index contributed by atoms with van der Waals surface area (Å²) in [6.07, 6.45) is 0.535. The van der Waals surface area contributed by atoms with E-state index >= 15 is 0 Å². The van der Waals surface area contributed by atoms with Crippen LogP contribution in [-0.2, 0) is 6.42 Å². The Morgan fingerprint density at radius 1 is 1.35 bits per heavy atom. The van der Waals surface area contributed by atoms with E-state index in [-0.39, 0.29) is 5.82 Å². The number of benzene rings is 1. The summed E-state index contributed by atoms with van der Waals surface area (Å²) in [5, 5.41) is 14.0. The fraction of sp³-hybridized carbons (Fsp3) is 0.231. The molecular formula is C13H12BrFOS. The zero-order valence-corrected chi connectivity index (χ0v) is 11.5. The summed E-state index contributed by atoms with van der Waals surface area (Å²) in [4.78, 5) is 0. The highest BCUT2D eigenvalue weighted by molar-refractivity contribution is 9.10. The molecule has 90 valence electrons. The Morgan fingerprint density at radius 3 is 2.88 bits per heavy atom. The number of aliphatic hydroxyl groups is 1. The van der Waals surface area contributed by atoms with Crippen LogP contribution in [0.2, 0.25) is 0 Å². The van der Waals surface area contributed by atoms with E-state index in [1.807, 2.05) is 16.8 Å². The van der Waals surface area contributed by atoms with E-state index in [0.29, 0.717) is 16.5 Å². The molecule has 0 bridgehead atoms. The molecule has 1 N–H and O–H groups in total. The van der Waals surface area contributed by atoms with Crippen LogP contribution in [0.25, 0.3) is 0 Å². The lowest BCUT2D eigenvalue weighted by Gasteiger charge is -2.12. The first-order valence-corrected chi connectivity index (χ1v) is 7.05. The minimum atomic E-state index is -0.757. The van der Waals surface area contributed by atoms with Crippen molar-refractivity contribution in [3.8, 4) is 0 Å². The number of hydrogen-bond acceptors (Lipinski definition) is 2. The Balaban J connectivity index is 2.04. The van der Waals surface area contributed by atoms with Gasteiger partial charge in [-0.1, -0.05) is 12.1 Å². The molecule has 1 aromatic carbocycles. The van der Waals surface area contributed by atoms with E-state index in [9.17, 15) is 9.50 Å². The molecule has 0 spiro atoms. The predicted octanol–water partition coefficient (Wildman–Crippen LogP) is 4.32. The largest absolute Gasteiger partial charge is 0.388 e. The number of hydrogen-bond donors (Lipinski definition) is 1. The Bertz CT molecular complexity index is 484. The monoisotopic (exact) mass is 314 g/mol. The minimum absolute atomic E-state index is 0.356. The molecular weight excluding hydrogens is 303 g/mol. The maximum atomic E-state index is 13.7. The molecule has 0 aliphatic heterocycles. The van der Waals surface area contributed by atoms with Gasteiger partial charge in [0.1, 0.15) is 5.82 Å². The number of halogens is 2. The van der Waals surface area contributed by atoms with Crippen LogP contribution in [-0.4, -0.2) is 5.11 Å². The van der Waals surface area contributed by atoms with Crippen molar-refractivity contribution in [3.63, 3.8) is 0 Å². The summed E-state index contributed by atoms with van der Waals surface area (Å²) in [6, 6.07) is 7.01. The molecule has 17 heavy (non-hydrogen) atoms. The highest BCUT2D eigenvalue weighted by atomic mass is 79.9. The van der Waals surface area contributed by atoms with Crippen LogP contribution in [0.3, 0.4) is 0 Å². The van der Waals surface area contributed by atoms with Crippen molar-refractivity contribution in [1.29, 1.82) is 0 Å². The third kappa shape index (κ3) is 3.15. The summed E-state index contributed by atoms with van der Waals surface area (Å²) >= 11 is 4.75. The van der Waals surface area contributed by atoms with Crippen LogP contribution in [0.1, 0.15) is 23.7 Å². The van der Waals surface area contributed by atoms with E-state index in [1.165, 1.54) is 5.56 Å². The maximum absolute atomic E-state index is 13.7. The number of thiophene rings is 1. The zero-order chi connectivity index (χ0) is 12.3. The molecule has 1 nitrogen and oxygen atoms in total. The summed E-state index contributed by atoms with van der Waals surface area (Å²) in [5.41, 5.74) is 1.54. The lowest BCUT2D eigenvalue weighted by atomic mass is 10.0. The first-order valence-electron chi connectivity index (χ1n) is 5.31. The molecule has 0 aliphatic carbocycles. The Kier molecular flexibility index (Phi) is 4.31. The third-order valence-electron chi connectivity index (χ3n) is 2.63. The molecule has 1 atom stereocenters. The van der Waals surface area contributed by atoms with Crippen molar-refractivity contribution < 1.29 is 9.50 Å². The fourth-order valence-corrected chi connectivity index (χ4v) is 2.76. The summed E-state index contributed by atoms with van der Waals surface area (Å²) in [7, 11) is 0. The van der Waals surface area contributed by atoms with Gasteiger partial charge in [-0.3, -0.25) is 0 Å². The van der Waals surface area contributed by atoms with Gasteiger partial charge in [-0.2, -0.15) is 11.3 Å². The minimum Gasteiger partial charge on any atom is -0.388 e. The number of rotatable bonds is 4. The van der Waals surface area contributed by atoms with Crippen molar-refractivity contribution in [2.24, 2.45) is 0 Å². The second kappa shape index (κ2) is 5.76. The van der Waals surface area contributed by atoms with Gasteiger partial charge in [0.15, 0.2) is 0 Å². The Hall–Kier alpha value is -0.710. The van der Waals surface area contributed by atoms with E-state index in [4.69, 9.17) is 0 Å². The van der Waals surface area contributed by atoms with Crippen molar-refractivity contribution >= 4 is 27.3 Å². The molecule has 1 aromatic heterocycles. The SMILES string of the molecule is OC(CCc1ccsc1)c1cccc(Br)c1F. The van der Waals surface area contributed by atoms with Crippen molar-refractivity contribution in [2.45, 2.75) is 18.9 Å². The van der Waals surface area contributed by atoms with Gasteiger partial charge in [0.2, 0.25) is 0 Å². The van der Waals surface area contributed by atoms with Crippen LogP contribution >= 0.6 is 27.3 Å². The molecule has 0 aliphatic rings.